The number of para-hydroxylation sites is 1. The van der Waals surface area contributed by atoms with Gasteiger partial charge in [-0.25, -0.2) is 4.98 Å². The number of fused-ring (bicyclic) bond motifs is 2. The van der Waals surface area contributed by atoms with Gasteiger partial charge in [-0.15, -0.1) is 11.3 Å². The third-order valence-corrected chi connectivity index (χ3v) is 7.88. The zero-order valence-corrected chi connectivity index (χ0v) is 20.9. The standard InChI is InChI=1S/C28H23N3O2S2/c1-17-6-5-7-18(2)27(17)31-26(33)16-34-28-30-23-12-11-20(14-25(23)35-28)29-15-22-21-9-4-3-8-19(21)10-13-24(22)32/h3-15,32H,16H2,1-2H3,(H,31,33). The van der Waals surface area contributed by atoms with E-state index in [0.717, 1.165) is 47.8 Å². The first-order chi connectivity index (χ1) is 17.0. The van der Waals surface area contributed by atoms with E-state index in [1.165, 1.54) is 11.8 Å². The summed E-state index contributed by atoms with van der Waals surface area (Å²) in [6.07, 6.45) is 1.70. The molecule has 35 heavy (non-hydrogen) atoms. The van der Waals surface area contributed by atoms with Crippen molar-refractivity contribution in [1.82, 2.24) is 4.98 Å². The van der Waals surface area contributed by atoms with E-state index in [2.05, 4.69) is 15.3 Å². The molecule has 0 saturated carbocycles. The van der Waals surface area contributed by atoms with E-state index in [9.17, 15) is 9.90 Å². The maximum Gasteiger partial charge on any atom is 0.234 e. The molecule has 0 saturated heterocycles. The number of benzene rings is 4. The lowest BCUT2D eigenvalue weighted by atomic mass is 10.0. The van der Waals surface area contributed by atoms with Crippen molar-refractivity contribution in [2.24, 2.45) is 4.99 Å². The van der Waals surface area contributed by atoms with Crippen LogP contribution in [0.5, 0.6) is 5.75 Å². The predicted molar refractivity (Wildman–Crippen MR) is 148 cm³/mol. The summed E-state index contributed by atoms with van der Waals surface area (Å²) < 4.78 is 1.84. The first-order valence-corrected chi connectivity index (χ1v) is 12.9. The number of carbonyl (C=O) groups excluding carboxylic acids is 1. The van der Waals surface area contributed by atoms with Crippen molar-refractivity contribution in [2.75, 3.05) is 11.1 Å². The molecule has 5 aromatic rings. The molecule has 0 aliphatic heterocycles. The summed E-state index contributed by atoms with van der Waals surface area (Å²) in [6, 6.07) is 23.3. The number of hydrogen-bond acceptors (Lipinski definition) is 6. The average Bonchev–Trinajstić information content (AvgIpc) is 3.27. The van der Waals surface area contributed by atoms with Crippen LogP contribution in [0, 0.1) is 13.8 Å². The molecule has 1 aromatic heterocycles. The highest BCUT2D eigenvalue weighted by molar-refractivity contribution is 8.01. The van der Waals surface area contributed by atoms with E-state index in [1.807, 2.05) is 80.6 Å². The minimum absolute atomic E-state index is 0.0492. The van der Waals surface area contributed by atoms with Crippen LogP contribution < -0.4 is 5.32 Å². The molecule has 7 heteroatoms. The number of aromatic nitrogens is 1. The Morgan fingerprint density at radius 2 is 1.86 bits per heavy atom. The molecular formula is C28H23N3O2S2. The number of phenols is 1. The van der Waals surface area contributed by atoms with Gasteiger partial charge in [0.05, 0.1) is 21.7 Å². The normalized spacial score (nSPS) is 11.5. The van der Waals surface area contributed by atoms with Crippen LogP contribution in [0.3, 0.4) is 0 Å². The summed E-state index contributed by atoms with van der Waals surface area (Å²) in [6.45, 7) is 3.98. The van der Waals surface area contributed by atoms with Crippen LogP contribution in [-0.4, -0.2) is 28.0 Å². The maximum absolute atomic E-state index is 12.5. The molecule has 2 N–H and O–H groups in total. The van der Waals surface area contributed by atoms with Gasteiger partial charge in [0.25, 0.3) is 0 Å². The maximum atomic E-state index is 12.5. The Morgan fingerprint density at radius 1 is 1.06 bits per heavy atom. The fraction of sp³-hybridized carbons (Fsp3) is 0.107. The average molecular weight is 498 g/mol. The number of hydrogen-bond donors (Lipinski definition) is 2. The smallest absolute Gasteiger partial charge is 0.234 e. The molecular weight excluding hydrogens is 474 g/mol. The molecule has 0 radical (unpaired) electrons. The Hall–Kier alpha value is -3.68. The molecule has 0 aliphatic rings. The number of anilines is 1. The van der Waals surface area contributed by atoms with Gasteiger partial charge in [0.1, 0.15) is 5.75 Å². The van der Waals surface area contributed by atoms with E-state index in [0.29, 0.717) is 11.3 Å². The molecule has 0 fully saturated rings. The lowest BCUT2D eigenvalue weighted by Gasteiger charge is -2.10. The van der Waals surface area contributed by atoms with Crippen molar-refractivity contribution in [3.63, 3.8) is 0 Å². The number of carbonyl (C=O) groups is 1. The number of amides is 1. The highest BCUT2D eigenvalue weighted by atomic mass is 32.2. The van der Waals surface area contributed by atoms with Crippen molar-refractivity contribution in [1.29, 1.82) is 0 Å². The largest absolute Gasteiger partial charge is 0.507 e. The minimum Gasteiger partial charge on any atom is -0.507 e. The van der Waals surface area contributed by atoms with E-state index >= 15 is 0 Å². The van der Waals surface area contributed by atoms with Crippen LogP contribution in [0.1, 0.15) is 16.7 Å². The summed E-state index contributed by atoms with van der Waals surface area (Å²) in [7, 11) is 0. The number of nitrogens with one attached hydrogen (secondary N) is 1. The van der Waals surface area contributed by atoms with Crippen molar-refractivity contribution < 1.29 is 9.90 Å². The van der Waals surface area contributed by atoms with Crippen molar-refractivity contribution >= 4 is 67.6 Å². The van der Waals surface area contributed by atoms with Gasteiger partial charge >= 0.3 is 0 Å². The SMILES string of the molecule is Cc1cccc(C)c1NC(=O)CSc1nc2ccc(N=Cc3c(O)ccc4ccccc34)cc2s1. The number of thiazole rings is 1. The highest BCUT2D eigenvalue weighted by Crippen LogP contribution is 2.33. The number of rotatable bonds is 6. The van der Waals surface area contributed by atoms with Crippen LogP contribution >= 0.6 is 23.1 Å². The monoisotopic (exact) mass is 497 g/mol. The zero-order chi connectivity index (χ0) is 24.4. The molecule has 174 valence electrons. The van der Waals surface area contributed by atoms with Gasteiger partial charge in [0, 0.05) is 17.5 Å². The lowest BCUT2D eigenvalue weighted by Crippen LogP contribution is -2.15. The Morgan fingerprint density at radius 3 is 2.69 bits per heavy atom. The Balaban J connectivity index is 1.30. The summed E-state index contributed by atoms with van der Waals surface area (Å²) in [5.41, 5.74) is 5.32. The van der Waals surface area contributed by atoms with Crippen LogP contribution in [0.4, 0.5) is 11.4 Å². The van der Waals surface area contributed by atoms with E-state index < -0.39 is 0 Å². The van der Waals surface area contributed by atoms with Gasteiger partial charge < -0.3 is 10.4 Å². The molecule has 1 amide bonds. The number of thioether (sulfide) groups is 1. The molecule has 0 spiro atoms. The fourth-order valence-corrected chi connectivity index (χ4v) is 5.81. The summed E-state index contributed by atoms with van der Waals surface area (Å²) in [5.74, 6) is 0.440. The van der Waals surface area contributed by atoms with Crippen molar-refractivity contribution in [2.45, 2.75) is 18.2 Å². The number of phenolic OH excluding ortho intramolecular Hbond substituents is 1. The molecule has 0 unspecified atom stereocenters. The predicted octanol–water partition coefficient (Wildman–Crippen LogP) is 7.25. The Bertz CT molecular complexity index is 1570. The zero-order valence-electron chi connectivity index (χ0n) is 19.3. The van der Waals surface area contributed by atoms with Crippen LogP contribution in [0.15, 0.2) is 82.1 Å². The van der Waals surface area contributed by atoms with Gasteiger partial charge in [-0.3, -0.25) is 9.79 Å². The van der Waals surface area contributed by atoms with Crippen molar-refractivity contribution in [3.05, 3.63) is 89.5 Å². The first kappa shape index (κ1) is 23.1. The number of aromatic hydroxyl groups is 1. The third kappa shape index (κ3) is 5.06. The topological polar surface area (TPSA) is 74.6 Å². The van der Waals surface area contributed by atoms with Crippen LogP contribution in [0.2, 0.25) is 0 Å². The van der Waals surface area contributed by atoms with Gasteiger partial charge in [0.15, 0.2) is 4.34 Å². The Labute approximate surface area is 211 Å². The highest BCUT2D eigenvalue weighted by Gasteiger charge is 2.11. The van der Waals surface area contributed by atoms with Gasteiger partial charge in [0.2, 0.25) is 5.91 Å². The molecule has 0 bridgehead atoms. The first-order valence-electron chi connectivity index (χ1n) is 11.1. The number of aliphatic imine (C=N–C) groups is 1. The summed E-state index contributed by atoms with van der Waals surface area (Å²) in [4.78, 5) is 21.8. The van der Waals surface area contributed by atoms with Crippen LogP contribution in [0.25, 0.3) is 21.0 Å². The molecule has 0 aliphatic carbocycles. The van der Waals surface area contributed by atoms with Gasteiger partial charge in [-0.1, -0.05) is 60.3 Å². The van der Waals surface area contributed by atoms with Crippen molar-refractivity contribution in [3.8, 4) is 5.75 Å². The molecule has 4 aromatic carbocycles. The molecule has 1 heterocycles. The molecule has 5 nitrogen and oxygen atoms in total. The Kier molecular flexibility index (Phi) is 6.53. The molecule has 5 rings (SSSR count). The van der Waals surface area contributed by atoms with E-state index in [4.69, 9.17) is 0 Å². The lowest BCUT2D eigenvalue weighted by molar-refractivity contribution is -0.113. The minimum atomic E-state index is -0.0492. The van der Waals surface area contributed by atoms with Gasteiger partial charge in [-0.05, 0) is 60.0 Å². The summed E-state index contributed by atoms with van der Waals surface area (Å²) >= 11 is 2.97. The second-order valence-electron chi connectivity index (χ2n) is 8.21. The second-order valence-corrected chi connectivity index (χ2v) is 10.5. The third-order valence-electron chi connectivity index (χ3n) is 5.72. The van der Waals surface area contributed by atoms with Gasteiger partial charge in [-0.2, -0.15) is 0 Å². The van der Waals surface area contributed by atoms with E-state index in [1.54, 1.807) is 23.6 Å². The fourth-order valence-electron chi connectivity index (χ4n) is 3.91. The van der Waals surface area contributed by atoms with Crippen LogP contribution in [-0.2, 0) is 4.79 Å². The number of nitrogens with zero attached hydrogens (tertiary/aromatic N) is 2. The second kappa shape index (κ2) is 9.90. The quantitative estimate of drug-likeness (QED) is 0.191. The molecule has 0 atom stereocenters. The van der Waals surface area contributed by atoms with E-state index in [-0.39, 0.29) is 11.7 Å². The summed E-state index contributed by atoms with van der Waals surface area (Å²) in [5, 5.41) is 15.4. The number of aryl methyl sites for hydroxylation is 2.